The molecule has 2 atom stereocenters. The Bertz CT molecular complexity index is 611. The lowest BCUT2D eigenvalue weighted by molar-refractivity contribution is 0.283. The van der Waals surface area contributed by atoms with Gasteiger partial charge in [-0.15, -0.1) is 11.6 Å². The molecule has 5 nitrogen and oxygen atoms in total. The molecular formula is C15H26ClN5. The van der Waals surface area contributed by atoms with Crippen molar-refractivity contribution < 1.29 is 0 Å². The Morgan fingerprint density at radius 1 is 1.29 bits per heavy atom. The molecule has 6 heteroatoms. The number of hydrogen-bond acceptors (Lipinski definition) is 3. The van der Waals surface area contributed by atoms with E-state index >= 15 is 0 Å². The zero-order valence-corrected chi connectivity index (χ0v) is 14.6. The molecule has 0 saturated carbocycles. The number of likely N-dealkylation sites (N-methyl/N-ethyl adjacent to an activating group) is 1. The molecule has 2 rings (SSSR count). The van der Waals surface area contributed by atoms with Crippen molar-refractivity contribution in [3.8, 4) is 0 Å². The first-order valence-electron chi connectivity index (χ1n) is 7.59. The average Bonchev–Trinajstić information content (AvgIpc) is 2.90. The lowest BCUT2D eigenvalue weighted by atomic mass is 10.2. The molecule has 0 aromatic carbocycles. The van der Waals surface area contributed by atoms with Gasteiger partial charge >= 0.3 is 0 Å². The fraction of sp³-hybridized carbons (Fsp3) is 0.733. The Morgan fingerprint density at radius 3 is 2.48 bits per heavy atom. The quantitative estimate of drug-likeness (QED) is 0.770. The van der Waals surface area contributed by atoms with Crippen molar-refractivity contribution in [2.75, 3.05) is 14.1 Å². The molecule has 0 spiro atoms. The van der Waals surface area contributed by atoms with Crippen molar-refractivity contribution in [2.45, 2.75) is 51.6 Å². The van der Waals surface area contributed by atoms with Gasteiger partial charge in [0.05, 0.1) is 11.1 Å². The summed E-state index contributed by atoms with van der Waals surface area (Å²) in [5.41, 5.74) is 3.16. The van der Waals surface area contributed by atoms with Gasteiger partial charge in [0.25, 0.3) is 0 Å². The highest BCUT2D eigenvalue weighted by molar-refractivity contribution is 6.20. The second-order valence-corrected chi connectivity index (χ2v) is 6.66. The normalized spacial score (nSPS) is 15.0. The van der Waals surface area contributed by atoms with Crippen LogP contribution in [0.2, 0.25) is 0 Å². The maximum Gasteiger partial charge on any atom is 0.158 e. The minimum atomic E-state index is -0.110. The van der Waals surface area contributed by atoms with Crippen molar-refractivity contribution in [3.63, 3.8) is 0 Å². The molecule has 0 N–H and O–H groups in total. The molecule has 0 fully saturated rings. The van der Waals surface area contributed by atoms with E-state index in [9.17, 15) is 0 Å². The molecule has 0 bridgehead atoms. The molecule has 0 radical (unpaired) electrons. The molecule has 0 aliphatic rings. The summed E-state index contributed by atoms with van der Waals surface area (Å²) in [4.78, 5) is 7.00. The topological polar surface area (TPSA) is 38.9 Å². The summed E-state index contributed by atoms with van der Waals surface area (Å²) >= 11 is 6.35. The van der Waals surface area contributed by atoms with E-state index in [-0.39, 0.29) is 5.38 Å². The van der Waals surface area contributed by atoms with E-state index in [0.717, 1.165) is 42.1 Å². The highest BCUT2D eigenvalue weighted by Crippen LogP contribution is 2.27. The van der Waals surface area contributed by atoms with Crippen molar-refractivity contribution in [2.24, 2.45) is 7.05 Å². The van der Waals surface area contributed by atoms with Crippen LogP contribution in [-0.2, 0) is 20.0 Å². The van der Waals surface area contributed by atoms with Gasteiger partial charge < -0.3 is 9.47 Å². The largest absolute Gasteiger partial charge is 0.310 e. The zero-order valence-electron chi connectivity index (χ0n) is 13.9. The van der Waals surface area contributed by atoms with Gasteiger partial charge in [0.15, 0.2) is 5.65 Å². The fourth-order valence-electron chi connectivity index (χ4n) is 2.57. The number of halogens is 1. The molecule has 0 saturated heterocycles. The first-order chi connectivity index (χ1) is 9.86. The standard InChI is InChI=1S/C15H26ClN5/c1-7-8-12-13-15(20(6)18-12)21(9-10(2)19(4)5)14(17-13)11(3)16/h10-11H,7-9H2,1-6H3. The van der Waals surface area contributed by atoms with Gasteiger partial charge in [-0.2, -0.15) is 5.10 Å². The summed E-state index contributed by atoms with van der Waals surface area (Å²) in [5, 5.41) is 4.52. The Labute approximate surface area is 131 Å². The molecule has 2 aromatic rings. The lowest BCUT2D eigenvalue weighted by Gasteiger charge is -2.22. The van der Waals surface area contributed by atoms with E-state index in [1.165, 1.54) is 0 Å². The zero-order chi connectivity index (χ0) is 15.7. The van der Waals surface area contributed by atoms with Crippen LogP contribution in [0.25, 0.3) is 11.2 Å². The van der Waals surface area contributed by atoms with Crippen LogP contribution >= 0.6 is 11.6 Å². The van der Waals surface area contributed by atoms with Gasteiger partial charge in [-0.25, -0.2) is 4.98 Å². The lowest BCUT2D eigenvalue weighted by Crippen LogP contribution is -2.30. The van der Waals surface area contributed by atoms with Crippen LogP contribution in [-0.4, -0.2) is 44.4 Å². The van der Waals surface area contributed by atoms with Gasteiger partial charge in [-0.1, -0.05) is 13.3 Å². The fourth-order valence-corrected chi connectivity index (χ4v) is 2.74. The Morgan fingerprint density at radius 2 is 1.95 bits per heavy atom. The monoisotopic (exact) mass is 311 g/mol. The number of hydrogen-bond donors (Lipinski definition) is 0. The molecule has 0 amide bonds. The van der Waals surface area contributed by atoms with E-state index in [2.05, 4.69) is 42.5 Å². The number of alkyl halides is 1. The maximum atomic E-state index is 6.35. The highest BCUT2D eigenvalue weighted by Gasteiger charge is 2.22. The van der Waals surface area contributed by atoms with Crippen LogP contribution in [0.3, 0.4) is 0 Å². The predicted molar refractivity (Wildman–Crippen MR) is 87.9 cm³/mol. The SMILES string of the molecule is CCCc1nn(C)c2c1nc(C(C)Cl)n2CC(C)N(C)C. The van der Waals surface area contributed by atoms with Crippen molar-refractivity contribution in [1.82, 2.24) is 24.2 Å². The molecule has 21 heavy (non-hydrogen) atoms. The predicted octanol–water partition coefficient (Wildman–Crippen LogP) is 2.97. The van der Waals surface area contributed by atoms with Crippen LogP contribution in [0.1, 0.15) is 44.1 Å². The minimum Gasteiger partial charge on any atom is -0.310 e. The summed E-state index contributed by atoms with van der Waals surface area (Å²) < 4.78 is 4.17. The third-order valence-electron chi connectivity index (χ3n) is 3.99. The second kappa shape index (κ2) is 6.36. The summed E-state index contributed by atoms with van der Waals surface area (Å²) in [6, 6.07) is 0.404. The second-order valence-electron chi connectivity index (χ2n) is 6.00. The summed E-state index contributed by atoms with van der Waals surface area (Å²) in [6.45, 7) is 7.21. The molecule has 0 aliphatic heterocycles. The first-order valence-corrected chi connectivity index (χ1v) is 8.02. The van der Waals surface area contributed by atoms with Crippen molar-refractivity contribution in [1.29, 1.82) is 0 Å². The van der Waals surface area contributed by atoms with E-state index in [0.29, 0.717) is 6.04 Å². The van der Waals surface area contributed by atoms with Gasteiger partial charge in [-0.3, -0.25) is 4.68 Å². The van der Waals surface area contributed by atoms with Gasteiger partial charge in [0.2, 0.25) is 0 Å². The van der Waals surface area contributed by atoms with Crippen molar-refractivity contribution in [3.05, 3.63) is 11.5 Å². The molecule has 2 aromatic heterocycles. The van der Waals surface area contributed by atoms with E-state index in [4.69, 9.17) is 16.6 Å². The Hall–Kier alpha value is -1.07. The van der Waals surface area contributed by atoms with Crippen molar-refractivity contribution >= 4 is 22.8 Å². The average molecular weight is 312 g/mol. The first kappa shape index (κ1) is 16.3. The number of fused-ring (bicyclic) bond motifs is 1. The third-order valence-corrected chi connectivity index (χ3v) is 4.19. The van der Waals surface area contributed by atoms with Gasteiger partial charge in [0, 0.05) is 19.6 Å². The third kappa shape index (κ3) is 3.09. The van der Waals surface area contributed by atoms with Crippen LogP contribution in [0.4, 0.5) is 0 Å². The highest BCUT2D eigenvalue weighted by atomic mass is 35.5. The molecule has 118 valence electrons. The number of aryl methyl sites for hydroxylation is 2. The molecular weight excluding hydrogens is 286 g/mol. The van der Waals surface area contributed by atoms with E-state index in [1.807, 2.05) is 18.7 Å². The molecule has 2 heterocycles. The summed E-state index contributed by atoms with van der Waals surface area (Å²) in [5.74, 6) is 0.936. The van der Waals surface area contributed by atoms with Crippen LogP contribution < -0.4 is 0 Å². The van der Waals surface area contributed by atoms with Crippen LogP contribution in [0.5, 0.6) is 0 Å². The number of imidazole rings is 1. The number of nitrogens with zero attached hydrogens (tertiary/aromatic N) is 5. The smallest absolute Gasteiger partial charge is 0.158 e. The van der Waals surface area contributed by atoms with E-state index in [1.54, 1.807) is 0 Å². The number of aromatic nitrogens is 4. The van der Waals surface area contributed by atoms with Crippen LogP contribution in [0.15, 0.2) is 0 Å². The number of rotatable bonds is 6. The molecule has 0 aliphatic carbocycles. The Balaban J connectivity index is 2.57. The molecule has 2 unspecified atom stereocenters. The Kier molecular flexibility index (Phi) is 4.94. The summed E-state index contributed by atoms with van der Waals surface area (Å²) in [6.07, 6.45) is 2.02. The minimum absolute atomic E-state index is 0.110. The summed E-state index contributed by atoms with van der Waals surface area (Å²) in [7, 11) is 6.17. The van der Waals surface area contributed by atoms with Gasteiger partial charge in [0.1, 0.15) is 11.3 Å². The van der Waals surface area contributed by atoms with Crippen LogP contribution in [0, 0.1) is 0 Å². The maximum absolute atomic E-state index is 6.35. The van der Waals surface area contributed by atoms with Gasteiger partial charge in [-0.05, 0) is 34.4 Å². The van der Waals surface area contributed by atoms with E-state index < -0.39 is 0 Å².